The zero-order valence-corrected chi connectivity index (χ0v) is 5.50. The first-order valence-electron chi connectivity index (χ1n) is 3.12. The van der Waals surface area contributed by atoms with Crippen molar-refractivity contribution in [3.05, 3.63) is 24.2 Å². The van der Waals surface area contributed by atoms with Gasteiger partial charge in [-0.25, -0.2) is 0 Å². The number of rotatable bonds is 2. The minimum atomic E-state index is 0.142. The molecule has 0 aliphatic carbocycles. The molecule has 2 heteroatoms. The van der Waals surface area contributed by atoms with Crippen LogP contribution in [0.3, 0.4) is 0 Å². The highest BCUT2D eigenvalue weighted by Crippen LogP contribution is 2.12. The van der Waals surface area contributed by atoms with Crippen LogP contribution < -0.4 is 5.73 Å². The predicted octanol–water partition coefficient (Wildman–Crippen LogP) is 1.69. The van der Waals surface area contributed by atoms with Crippen LogP contribution in [0.4, 0.5) is 0 Å². The van der Waals surface area contributed by atoms with Gasteiger partial charge in [0.1, 0.15) is 0 Å². The Kier molecular flexibility index (Phi) is 1.90. The van der Waals surface area contributed by atoms with E-state index in [2.05, 4.69) is 6.92 Å². The van der Waals surface area contributed by atoms with E-state index in [1.54, 1.807) is 12.5 Å². The summed E-state index contributed by atoms with van der Waals surface area (Å²) in [6.07, 6.45) is 4.29. The molecule has 0 amide bonds. The molecule has 9 heavy (non-hydrogen) atoms. The number of nitrogens with two attached hydrogens (primary N) is 1. The van der Waals surface area contributed by atoms with Crippen LogP contribution in [0.1, 0.15) is 24.9 Å². The fourth-order valence-corrected chi connectivity index (χ4v) is 0.722. The Hall–Kier alpha value is -0.760. The van der Waals surface area contributed by atoms with E-state index >= 15 is 0 Å². The lowest BCUT2D eigenvalue weighted by Crippen LogP contribution is -2.06. The quantitative estimate of drug-likeness (QED) is 0.653. The van der Waals surface area contributed by atoms with Crippen molar-refractivity contribution in [2.75, 3.05) is 0 Å². The molecule has 1 aromatic rings. The molecule has 0 saturated heterocycles. The van der Waals surface area contributed by atoms with Crippen LogP contribution in [0.5, 0.6) is 0 Å². The number of furan rings is 1. The third-order valence-electron chi connectivity index (χ3n) is 1.41. The van der Waals surface area contributed by atoms with E-state index < -0.39 is 0 Å². The molecule has 2 N–H and O–H groups in total. The lowest BCUT2D eigenvalue weighted by Gasteiger charge is -2.02. The van der Waals surface area contributed by atoms with Gasteiger partial charge in [0.25, 0.3) is 0 Å². The fraction of sp³-hybridized carbons (Fsp3) is 0.429. The van der Waals surface area contributed by atoms with Gasteiger partial charge >= 0.3 is 0 Å². The average Bonchev–Trinajstić information content (AvgIpc) is 2.37. The summed E-state index contributed by atoms with van der Waals surface area (Å²) in [4.78, 5) is 0. The number of hydrogen-bond acceptors (Lipinski definition) is 2. The van der Waals surface area contributed by atoms with Gasteiger partial charge in [-0.15, -0.1) is 0 Å². The van der Waals surface area contributed by atoms with Crippen molar-refractivity contribution >= 4 is 0 Å². The Bertz CT molecular complexity index is 157. The maximum Gasteiger partial charge on any atom is 0.0950 e. The second-order valence-electron chi connectivity index (χ2n) is 2.07. The van der Waals surface area contributed by atoms with Crippen molar-refractivity contribution in [1.82, 2.24) is 0 Å². The maximum absolute atomic E-state index is 5.68. The highest BCUT2D eigenvalue weighted by molar-refractivity contribution is 5.09. The first kappa shape index (κ1) is 6.36. The van der Waals surface area contributed by atoms with E-state index in [9.17, 15) is 0 Å². The molecule has 1 atom stereocenters. The molecule has 1 rings (SSSR count). The molecule has 0 fully saturated rings. The highest BCUT2D eigenvalue weighted by Gasteiger charge is 2.01. The zero-order valence-electron chi connectivity index (χ0n) is 5.50. The van der Waals surface area contributed by atoms with Gasteiger partial charge in [-0.1, -0.05) is 6.92 Å². The van der Waals surface area contributed by atoms with Crippen LogP contribution >= 0.6 is 0 Å². The molecule has 0 spiro atoms. The van der Waals surface area contributed by atoms with E-state index in [0.29, 0.717) is 0 Å². The lowest BCUT2D eigenvalue weighted by molar-refractivity contribution is 0.557. The van der Waals surface area contributed by atoms with Crippen molar-refractivity contribution in [2.24, 2.45) is 5.73 Å². The van der Waals surface area contributed by atoms with E-state index in [1.807, 2.05) is 6.07 Å². The normalized spacial score (nSPS) is 13.6. The molecular weight excluding hydrogens is 114 g/mol. The largest absolute Gasteiger partial charge is 0.472 e. The van der Waals surface area contributed by atoms with Crippen LogP contribution in [0.2, 0.25) is 0 Å². The van der Waals surface area contributed by atoms with Crippen molar-refractivity contribution in [3.8, 4) is 0 Å². The summed E-state index contributed by atoms with van der Waals surface area (Å²) in [6.45, 7) is 2.05. The van der Waals surface area contributed by atoms with Crippen molar-refractivity contribution < 1.29 is 4.42 Å². The molecule has 0 aliphatic rings. The first-order chi connectivity index (χ1) is 4.34. The summed E-state index contributed by atoms with van der Waals surface area (Å²) in [7, 11) is 0. The van der Waals surface area contributed by atoms with Gasteiger partial charge in [-0.3, -0.25) is 0 Å². The summed E-state index contributed by atoms with van der Waals surface area (Å²) >= 11 is 0. The molecule has 0 saturated carbocycles. The predicted molar refractivity (Wildman–Crippen MR) is 35.9 cm³/mol. The second kappa shape index (κ2) is 2.69. The summed E-state index contributed by atoms with van der Waals surface area (Å²) in [5.41, 5.74) is 6.76. The van der Waals surface area contributed by atoms with Crippen LogP contribution in [0.25, 0.3) is 0 Å². The van der Waals surface area contributed by atoms with E-state index in [0.717, 1.165) is 12.0 Å². The Morgan fingerprint density at radius 1 is 1.78 bits per heavy atom. The Balaban J connectivity index is 2.65. The minimum absolute atomic E-state index is 0.142. The molecule has 1 heterocycles. The monoisotopic (exact) mass is 125 g/mol. The van der Waals surface area contributed by atoms with Crippen LogP contribution in [-0.2, 0) is 0 Å². The lowest BCUT2D eigenvalue weighted by atomic mass is 10.1. The first-order valence-corrected chi connectivity index (χ1v) is 3.12. The van der Waals surface area contributed by atoms with Gasteiger partial charge in [0.2, 0.25) is 0 Å². The third-order valence-corrected chi connectivity index (χ3v) is 1.41. The summed E-state index contributed by atoms with van der Waals surface area (Å²) in [6, 6.07) is 2.04. The fourth-order valence-electron chi connectivity index (χ4n) is 0.722. The van der Waals surface area contributed by atoms with Gasteiger partial charge in [-0.05, 0) is 12.5 Å². The van der Waals surface area contributed by atoms with Crippen molar-refractivity contribution in [1.29, 1.82) is 0 Å². The van der Waals surface area contributed by atoms with E-state index in [-0.39, 0.29) is 6.04 Å². The molecule has 1 unspecified atom stereocenters. The van der Waals surface area contributed by atoms with Crippen LogP contribution in [-0.4, -0.2) is 0 Å². The Morgan fingerprint density at radius 2 is 2.56 bits per heavy atom. The molecule has 0 bridgehead atoms. The molecule has 2 nitrogen and oxygen atoms in total. The van der Waals surface area contributed by atoms with Gasteiger partial charge in [0.05, 0.1) is 12.5 Å². The Morgan fingerprint density at radius 3 is 3.00 bits per heavy atom. The summed E-state index contributed by atoms with van der Waals surface area (Å²) in [5.74, 6) is 0. The van der Waals surface area contributed by atoms with Crippen LogP contribution in [0.15, 0.2) is 23.0 Å². The molecule has 50 valence electrons. The minimum Gasteiger partial charge on any atom is -0.472 e. The molecular formula is C7H11NO. The Labute approximate surface area is 54.7 Å². The summed E-state index contributed by atoms with van der Waals surface area (Å²) < 4.78 is 4.86. The van der Waals surface area contributed by atoms with Crippen molar-refractivity contribution in [3.63, 3.8) is 0 Å². The van der Waals surface area contributed by atoms with Gasteiger partial charge < -0.3 is 10.2 Å². The SMILES string of the molecule is CCC(N)c1ccoc1. The number of hydrogen-bond donors (Lipinski definition) is 1. The zero-order chi connectivity index (χ0) is 6.69. The van der Waals surface area contributed by atoms with Gasteiger partial charge in [0, 0.05) is 11.6 Å². The van der Waals surface area contributed by atoms with Gasteiger partial charge in [-0.2, -0.15) is 0 Å². The summed E-state index contributed by atoms with van der Waals surface area (Å²) in [5, 5.41) is 0. The molecule has 0 aliphatic heterocycles. The van der Waals surface area contributed by atoms with E-state index in [4.69, 9.17) is 10.2 Å². The third kappa shape index (κ3) is 1.33. The molecule has 1 aromatic heterocycles. The maximum atomic E-state index is 5.68. The van der Waals surface area contributed by atoms with Gasteiger partial charge in [0.15, 0.2) is 0 Å². The second-order valence-corrected chi connectivity index (χ2v) is 2.07. The smallest absolute Gasteiger partial charge is 0.0950 e. The average molecular weight is 125 g/mol. The molecule has 0 aromatic carbocycles. The van der Waals surface area contributed by atoms with E-state index in [1.165, 1.54) is 0 Å². The van der Waals surface area contributed by atoms with Crippen LogP contribution in [0, 0.1) is 0 Å². The topological polar surface area (TPSA) is 39.2 Å². The highest BCUT2D eigenvalue weighted by atomic mass is 16.3. The van der Waals surface area contributed by atoms with Crippen molar-refractivity contribution in [2.45, 2.75) is 19.4 Å². The molecule has 0 radical (unpaired) electrons. The standard InChI is InChI=1S/C7H11NO/c1-2-7(8)6-3-4-9-5-6/h3-5,7H,2,8H2,1H3.